The second-order valence-electron chi connectivity index (χ2n) is 7.48. The van der Waals surface area contributed by atoms with Gasteiger partial charge in [0.05, 0.1) is 10.6 Å². The van der Waals surface area contributed by atoms with E-state index in [2.05, 4.69) is 15.6 Å². The highest BCUT2D eigenvalue weighted by molar-refractivity contribution is 6.32. The standard InChI is InChI=1S/C19H26ClF3N4O2/c1-12(2)18(29)26-9-13-4-3-7-27(11-13)16(28)5-6-24-17-15(20)8-14(10-25-17)19(21,22)23/h8,10,12-13H,3-7,9,11H2,1-2H3,(H,24,25)(H,26,29)/t13-/m1/s1. The number of hydrogen-bond donors (Lipinski definition) is 2. The average Bonchev–Trinajstić information content (AvgIpc) is 2.66. The third-order valence-electron chi connectivity index (χ3n) is 4.76. The molecule has 1 aromatic heterocycles. The lowest BCUT2D eigenvalue weighted by molar-refractivity contribution is -0.138. The summed E-state index contributed by atoms with van der Waals surface area (Å²) < 4.78 is 37.9. The lowest BCUT2D eigenvalue weighted by Crippen LogP contribution is -2.44. The molecule has 2 rings (SSSR count). The van der Waals surface area contributed by atoms with Gasteiger partial charge in [-0.2, -0.15) is 13.2 Å². The highest BCUT2D eigenvalue weighted by atomic mass is 35.5. The van der Waals surface area contributed by atoms with Gasteiger partial charge in [0, 0.05) is 44.7 Å². The molecule has 1 saturated heterocycles. The number of halogens is 4. The Morgan fingerprint density at radius 3 is 2.72 bits per heavy atom. The van der Waals surface area contributed by atoms with Crippen LogP contribution in [0.25, 0.3) is 0 Å². The van der Waals surface area contributed by atoms with Crippen LogP contribution in [-0.4, -0.2) is 47.9 Å². The predicted molar refractivity (Wildman–Crippen MR) is 105 cm³/mol. The minimum atomic E-state index is -4.51. The number of pyridine rings is 1. The molecule has 1 aliphatic rings. The Bertz CT molecular complexity index is 728. The van der Waals surface area contributed by atoms with E-state index in [9.17, 15) is 22.8 Å². The number of anilines is 1. The molecule has 2 N–H and O–H groups in total. The molecule has 162 valence electrons. The Labute approximate surface area is 173 Å². The van der Waals surface area contributed by atoms with E-state index >= 15 is 0 Å². The third-order valence-corrected chi connectivity index (χ3v) is 5.05. The number of carbonyl (C=O) groups is 2. The number of nitrogens with one attached hydrogen (secondary N) is 2. The van der Waals surface area contributed by atoms with Gasteiger partial charge in [-0.25, -0.2) is 4.98 Å². The second kappa shape index (κ2) is 10.1. The Balaban J connectivity index is 1.79. The van der Waals surface area contributed by atoms with Crippen LogP contribution in [0.3, 0.4) is 0 Å². The van der Waals surface area contributed by atoms with E-state index in [-0.39, 0.29) is 47.5 Å². The number of likely N-dealkylation sites (tertiary alicyclic amines) is 1. The summed E-state index contributed by atoms with van der Waals surface area (Å²) in [5, 5.41) is 5.57. The lowest BCUT2D eigenvalue weighted by Gasteiger charge is -2.33. The summed E-state index contributed by atoms with van der Waals surface area (Å²) in [6.45, 7) is 5.66. The molecule has 0 aliphatic carbocycles. The van der Waals surface area contributed by atoms with Gasteiger partial charge in [0.2, 0.25) is 11.8 Å². The molecule has 0 unspecified atom stereocenters. The van der Waals surface area contributed by atoms with E-state index in [0.29, 0.717) is 25.8 Å². The smallest absolute Gasteiger partial charge is 0.368 e. The molecule has 0 bridgehead atoms. The van der Waals surface area contributed by atoms with Crippen molar-refractivity contribution < 1.29 is 22.8 Å². The molecule has 1 aromatic rings. The van der Waals surface area contributed by atoms with Crippen molar-refractivity contribution in [2.75, 3.05) is 31.5 Å². The highest BCUT2D eigenvalue weighted by Crippen LogP contribution is 2.32. The maximum Gasteiger partial charge on any atom is 0.417 e. The number of nitrogens with zero attached hydrogens (tertiary/aromatic N) is 2. The van der Waals surface area contributed by atoms with E-state index < -0.39 is 11.7 Å². The van der Waals surface area contributed by atoms with E-state index in [0.717, 1.165) is 18.9 Å². The SMILES string of the molecule is CC(C)C(=O)NC[C@H]1CCCN(C(=O)CCNc2ncc(C(F)(F)F)cc2Cl)C1. The Morgan fingerprint density at radius 2 is 2.10 bits per heavy atom. The van der Waals surface area contributed by atoms with Crippen molar-refractivity contribution in [2.45, 2.75) is 39.3 Å². The number of hydrogen-bond acceptors (Lipinski definition) is 4. The van der Waals surface area contributed by atoms with Crippen molar-refractivity contribution in [1.82, 2.24) is 15.2 Å². The van der Waals surface area contributed by atoms with Crippen molar-refractivity contribution in [1.29, 1.82) is 0 Å². The Kier molecular flexibility index (Phi) is 8.13. The molecule has 0 spiro atoms. The fourth-order valence-electron chi connectivity index (χ4n) is 3.08. The first kappa shape index (κ1) is 23.3. The zero-order valence-corrected chi connectivity index (χ0v) is 17.2. The quantitative estimate of drug-likeness (QED) is 0.688. The van der Waals surface area contributed by atoms with E-state index in [1.807, 2.05) is 13.8 Å². The molecule has 10 heteroatoms. The Morgan fingerprint density at radius 1 is 1.38 bits per heavy atom. The van der Waals surface area contributed by atoms with E-state index in [1.165, 1.54) is 0 Å². The molecular weight excluding hydrogens is 409 g/mol. The van der Waals surface area contributed by atoms with Crippen molar-refractivity contribution in [3.63, 3.8) is 0 Å². The van der Waals surface area contributed by atoms with Gasteiger partial charge in [0.1, 0.15) is 5.82 Å². The monoisotopic (exact) mass is 434 g/mol. The van der Waals surface area contributed by atoms with E-state index in [4.69, 9.17) is 11.6 Å². The maximum absolute atomic E-state index is 12.6. The van der Waals surface area contributed by atoms with Gasteiger partial charge >= 0.3 is 6.18 Å². The van der Waals surface area contributed by atoms with Gasteiger partial charge in [-0.1, -0.05) is 25.4 Å². The fraction of sp³-hybridized carbons (Fsp3) is 0.632. The van der Waals surface area contributed by atoms with Crippen LogP contribution in [0, 0.1) is 11.8 Å². The molecule has 29 heavy (non-hydrogen) atoms. The van der Waals surface area contributed by atoms with Crippen LogP contribution in [0.4, 0.5) is 19.0 Å². The summed E-state index contributed by atoms with van der Waals surface area (Å²) in [4.78, 5) is 29.6. The minimum absolute atomic E-state index is 0.00132. The summed E-state index contributed by atoms with van der Waals surface area (Å²) in [6.07, 6.45) is -1.81. The number of piperidine rings is 1. The molecule has 0 aromatic carbocycles. The molecule has 2 heterocycles. The number of alkyl halides is 3. The normalized spacial score (nSPS) is 17.3. The van der Waals surface area contributed by atoms with Crippen molar-refractivity contribution in [2.24, 2.45) is 11.8 Å². The summed E-state index contributed by atoms with van der Waals surface area (Å²) in [7, 11) is 0. The predicted octanol–water partition coefficient (Wildman–Crippen LogP) is 3.57. The first-order valence-electron chi connectivity index (χ1n) is 9.60. The van der Waals surface area contributed by atoms with Crippen molar-refractivity contribution >= 4 is 29.2 Å². The molecule has 1 fully saturated rings. The van der Waals surface area contributed by atoms with Crippen LogP contribution in [0.5, 0.6) is 0 Å². The van der Waals surface area contributed by atoms with Crippen LogP contribution in [0.1, 0.15) is 38.7 Å². The maximum atomic E-state index is 12.6. The first-order valence-corrected chi connectivity index (χ1v) is 9.97. The van der Waals surface area contributed by atoms with Crippen molar-refractivity contribution in [3.05, 3.63) is 22.8 Å². The molecule has 2 amide bonds. The largest absolute Gasteiger partial charge is 0.417 e. The average molecular weight is 435 g/mol. The molecular formula is C19H26ClF3N4O2. The van der Waals surface area contributed by atoms with Gasteiger partial charge < -0.3 is 15.5 Å². The molecule has 1 aliphatic heterocycles. The van der Waals surface area contributed by atoms with Gasteiger partial charge in [0.15, 0.2) is 0 Å². The van der Waals surface area contributed by atoms with Crippen LogP contribution >= 0.6 is 11.6 Å². The molecule has 1 atom stereocenters. The van der Waals surface area contributed by atoms with Crippen LogP contribution < -0.4 is 10.6 Å². The van der Waals surface area contributed by atoms with Crippen molar-refractivity contribution in [3.8, 4) is 0 Å². The van der Waals surface area contributed by atoms with Gasteiger partial charge in [-0.15, -0.1) is 0 Å². The van der Waals surface area contributed by atoms with E-state index in [1.54, 1.807) is 4.90 Å². The van der Waals surface area contributed by atoms with Crippen LogP contribution in [0.15, 0.2) is 12.3 Å². The van der Waals surface area contributed by atoms with Gasteiger partial charge in [-0.05, 0) is 24.8 Å². The summed E-state index contributed by atoms with van der Waals surface area (Å²) in [5.41, 5.74) is -0.923. The minimum Gasteiger partial charge on any atom is -0.368 e. The third kappa shape index (κ3) is 7.06. The summed E-state index contributed by atoms with van der Waals surface area (Å²) in [5.74, 6) is 0.196. The molecule has 6 nitrogen and oxygen atoms in total. The second-order valence-corrected chi connectivity index (χ2v) is 7.88. The number of amides is 2. The van der Waals surface area contributed by atoms with Crippen LogP contribution in [0.2, 0.25) is 5.02 Å². The van der Waals surface area contributed by atoms with Crippen LogP contribution in [-0.2, 0) is 15.8 Å². The zero-order chi connectivity index (χ0) is 21.6. The molecule has 0 radical (unpaired) electrons. The van der Waals surface area contributed by atoms with Gasteiger partial charge in [0.25, 0.3) is 0 Å². The number of aromatic nitrogens is 1. The lowest BCUT2D eigenvalue weighted by atomic mass is 9.97. The summed E-state index contributed by atoms with van der Waals surface area (Å²) in [6, 6.07) is 0.805. The number of rotatable bonds is 7. The van der Waals surface area contributed by atoms with Gasteiger partial charge in [-0.3, -0.25) is 9.59 Å². The zero-order valence-electron chi connectivity index (χ0n) is 16.5. The summed E-state index contributed by atoms with van der Waals surface area (Å²) >= 11 is 5.85. The number of carbonyl (C=O) groups excluding carboxylic acids is 2. The Hall–Kier alpha value is -2.03. The highest BCUT2D eigenvalue weighted by Gasteiger charge is 2.31. The molecule has 0 saturated carbocycles. The first-order chi connectivity index (χ1) is 13.6. The fourth-order valence-corrected chi connectivity index (χ4v) is 3.31. The topological polar surface area (TPSA) is 74.3 Å².